The Kier molecular flexibility index (Phi) is 4.79. The van der Waals surface area contributed by atoms with Crippen molar-refractivity contribution in [3.8, 4) is 5.75 Å². The zero-order chi connectivity index (χ0) is 20.8. The molecule has 2 heterocycles. The molecule has 0 saturated carbocycles. The van der Waals surface area contributed by atoms with Crippen LogP contribution in [0, 0.1) is 0 Å². The van der Waals surface area contributed by atoms with Crippen LogP contribution in [0.3, 0.4) is 0 Å². The van der Waals surface area contributed by atoms with Crippen molar-refractivity contribution in [2.45, 2.75) is 24.4 Å². The van der Waals surface area contributed by atoms with E-state index in [0.717, 1.165) is 17.5 Å². The zero-order valence-electron chi connectivity index (χ0n) is 16.8. The Morgan fingerprint density at radius 3 is 2.76 bits per heavy atom. The van der Waals surface area contributed by atoms with Gasteiger partial charge in [-0.2, -0.15) is 0 Å². The number of fused-ring (bicyclic) bond motifs is 1. The molecule has 1 fully saturated rings. The van der Waals surface area contributed by atoms with E-state index in [1.165, 1.54) is 0 Å². The van der Waals surface area contributed by atoms with Crippen LogP contribution in [0.4, 0.5) is 5.69 Å². The van der Waals surface area contributed by atoms with Gasteiger partial charge < -0.3 is 15.4 Å². The first-order valence-electron chi connectivity index (χ1n) is 9.72. The molecule has 2 aliphatic heterocycles. The highest BCUT2D eigenvalue weighted by Crippen LogP contribution is 2.54. The van der Waals surface area contributed by atoms with E-state index in [1.807, 2.05) is 43.4 Å². The molecule has 3 atom stereocenters. The third-order valence-electron chi connectivity index (χ3n) is 6.55. The lowest BCUT2D eigenvalue weighted by atomic mass is 9.78. The number of halogens is 1. The average molecular weight is 415 g/mol. The molecule has 152 valence electrons. The standard InChI is InChI=1S/C22H24ClN3O3/c1-24-20(27)18-8-6-12-26(18,2)22(15-7-4-5-9-19(15)29-3)16-13-14(23)10-11-17(16)25-21(22)28/h4-5,7,9-11,13,18H,6,8,12H2,1-3H3,(H-,24,25,27,28)/p+1/t18-,22?,26?/m0/s1. The number of ether oxygens (including phenoxy) is 1. The number of nitrogens with one attached hydrogen (secondary N) is 2. The molecule has 4 rings (SSSR count). The summed E-state index contributed by atoms with van der Waals surface area (Å²) < 4.78 is 5.91. The van der Waals surface area contributed by atoms with E-state index < -0.39 is 5.54 Å². The lowest BCUT2D eigenvalue weighted by molar-refractivity contribution is -0.952. The molecule has 2 aliphatic rings. The third-order valence-corrected chi connectivity index (χ3v) is 6.78. The first-order chi connectivity index (χ1) is 13.9. The zero-order valence-corrected chi connectivity index (χ0v) is 17.5. The number of amides is 2. The van der Waals surface area contributed by atoms with Crippen LogP contribution in [-0.4, -0.2) is 50.1 Å². The molecular formula is C22H25ClN3O3+. The van der Waals surface area contributed by atoms with E-state index in [9.17, 15) is 9.59 Å². The number of likely N-dealkylation sites (tertiary alicyclic amines) is 1. The van der Waals surface area contributed by atoms with E-state index in [0.29, 0.717) is 29.4 Å². The Hall–Kier alpha value is -2.57. The van der Waals surface area contributed by atoms with Gasteiger partial charge in [0.25, 0.3) is 11.8 Å². The number of hydrogen-bond acceptors (Lipinski definition) is 3. The molecule has 0 radical (unpaired) electrons. The molecule has 29 heavy (non-hydrogen) atoms. The number of nitrogens with zero attached hydrogens (tertiary/aromatic N) is 1. The molecule has 7 heteroatoms. The van der Waals surface area contributed by atoms with Crippen LogP contribution >= 0.6 is 11.6 Å². The van der Waals surface area contributed by atoms with E-state index in [4.69, 9.17) is 16.3 Å². The van der Waals surface area contributed by atoms with Crippen molar-refractivity contribution in [3.05, 3.63) is 58.6 Å². The van der Waals surface area contributed by atoms with Crippen LogP contribution in [0.25, 0.3) is 0 Å². The van der Waals surface area contributed by atoms with Gasteiger partial charge in [0.2, 0.25) is 5.54 Å². The second-order valence-corrected chi connectivity index (χ2v) is 8.25. The Morgan fingerprint density at radius 2 is 2.03 bits per heavy atom. The van der Waals surface area contributed by atoms with Gasteiger partial charge in [-0.25, -0.2) is 0 Å². The quantitative estimate of drug-likeness (QED) is 0.756. The van der Waals surface area contributed by atoms with Crippen molar-refractivity contribution in [2.75, 3.05) is 33.1 Å². The van der Waals surface area contributed by atoms with Crippen LogP contribution in [0.1, 0.15) is 24.0 Å². The van der Waals surface area contributed by atoms with Crippen molar-refractivity contribution in [1.29, 1.82) is 0 Å². The highest BCUT2D eigenvalue weighted by Gasteiger charge is 2.67. The summed E-state index contributed by atoms with van der Waals surface area (Å²) in [5.74, 6) is 0.373. The molecule has 0 aliphatic carbocycles. The Morgan fingerprint density at radius 1 is 1.28 bits per heavy atom. The molecule has 2 aromatic rings. The molecule has 2 amide bonds. The molecule has 0 bridgehead atoms. The van der Waals surface area contributed by atoms with E-state index in [2.05, 4.69) is 10.6 Å². The van der Waals surface area contributed by atoms with Gasteiger partial charge in [-0.1, -0.05) is 23.7 Å². The fourth-order valence-electron chi connectivity index (χ4n) is 5.26. The fourth-order valence-corrected chi connectivity index (χ4v) is 5.44. The molecule has 1 saturated heterocycles. The van der Waals surface area contributed by atoms with Gasteiger partial charge in [-0.3, -0.25) is 14.1 Å². The summed E-state index contributed by atoms with van der Waals surface area (Å²) in [5, 5.41) is 6.38. The molecule has 2 unspecified atom stereocenters. The Balaban J connectivity index is 2.09. The second-order valence-electron chi connectivity index (χ2n) is 7.82. The maximum atomic E-state index is 13.8. The van der Waals surface area contributed by atoms with Gasteiger partial charge >= 0.3 is 0 Å². The molecule has 6 nitrogen and oxygen atoms in total. The normalized spacial score (nSPS) is 28.0. The minimum Gasteiger partial charge on any atom is -0.496 e. The van der Waals surface area contributed by atoms with Crippen LogP contribution in [0.2, 0.25) is 5.02 Å². The summed E-state index contributed by atoms with van der Waals surface area (Å²) in [6, 6.07) is 12.6. The molecule has 2 aromatic carbocycles. The number of methoxy groups -OCH3 is 1. The summed E-state index contributed by atoms with van der Waals surface area (Å²) in [4.78, 5) is 26.7. The third kappa shape index (κ3) is 2.59. The molecular weight excluding hydrogens is 390 g/mol. The largest absolute Gasteiger partial charge is 0.496 e. The van der Waals surface area contributed by atoms with Crippen LogP contribution in [0.15, 0.2) is 42.5 Å². The minimum atomic E-state index is -1.15. The summed E-state index contributed by atoms with van der Waals surface area (Å²) in [5.41, 5.74) is 1.07. The van der Waals surface area contributed by atoms with Gasteiger partial charge in [-0.05, 0) is 30.3 Å². The van der Waals surface area contributed by atoms with Gasteiger partial charge in [0, 0.05) is 24.9 Å². The van der Waals surface area contributed by atoms with Gasteiger partial charge in [0.05, 0.1) is 37.5 Å². The Labute approximate surface area is 175 Å². The summed E-state index contributed by atoms with van der Waals surface area (Å²) in [7, 11) is 5.23. The van der Waals surface area contributed by atoms with E-state index >= 15 is 0 Å². The van der Waals surface area contributed by atoms with E-state index in [-0.39, 0.29) is 22.3 Å². The molecule has 0 spiro atoms. The minimum absolute atomic E-state index is 0.0671. The SMILES string of the molecule is CNC(=O)[C@@H]1CCC[N+]1(C)C1(c2ccccc2OC)C(=O)Nc2ccc(Cl)cc21. The van der Waals surface area contributed by atoms with Crippen molar-refractivity contribution < 1.29 is 18.8 Å². The predicted molar refractivity (Wildman–Crippen MR) is 112 cm³/mol. The number of likely N-dealkylation sites (N-methyl/N-ethyl adjacent to an activating group) is 2. The lowest BCUT2D eigenvalue weighted by Crippen LogP contribution is -2.68. The maximum Gasteiger partial charge on any atom is 0.295 e. The van der Waals surface area contributed by atoms with Crippen molar-refractivity contribution in [2.24, 2.45) is 0 Å². The number of para-hydroxylation sites is 1. The summed E-state index contributed by atoms with van der Waals surface area (Å²) in [6.07, 6.45) is 1.55. The van der Waals surface area contributed by atoms with Gasteiger partial charge in [-0.15, -0.1) is 0 Å². The lowest BCUT2D eigenvalue weighted by Gasteiger charge is -2.48. The number of anilines is 1. The molecule has 2 N–H and O–H groups in total. The smallest absolute Gasteiger partial charge is 0.295 e. The average Bonchev–Trinajstić information content (AvgIpc) is 3.25. The van der Waals surface area contributed by atoms with Crippen molar-refractivity contribution in [3.63, 3.8) is 0 Å². The first kappa shape index (κ1) is 19.7. The number of carbonyl (C=O) groups excluding carboxylic acids is 2. The van der Waals surface area contributed by atoms with Gasteiger partial charge in [0.1, 0.15) is 5.75 Å². The fraction of sp³-hybridized carbons (Fsp3) is 0.364. The predicted octanol–water partition coefficient (Wildman–Crippen LogP) is 2.90. The summed E-state index contributed by atoms with van der Waals surface area (Å²) in [6.45, 7) is 0.676. The maximum absolute atomic E-state index is 13.8. The van der Waals surface area contributed by atoms with Crippen LogP contribution < -0.4 is 15.4 Å². The first-order valence-corrected chi connectivity index (χ1v) is 10.1. The topological polar surface area (TPSA) is 67.4 Å². The summed E-state index contributed by atoms with van der Waals surface area (Å²) >= 11 is 6.38. The number of rotatable bonds is 4. The number of carbonyl (C=O) groups is 2. The van der Waals surface area contributed by atoms with Crippen LogP contribution in [0.5, 0.6) is 5.75 Å². The highest BCUT2D eigenvalue weighted by molar-refractivity contribution is 6.31. The second kappa shape index (κ2) is 7.04. The number of hydrogen-bond donors (Lipinski definition) is 2. The number of benzene rings is 2. The highest BCUT2D eigenvalue weighted by atomic mass is 35.5. The monoisotopic (exact) mass is 414 g/mol. The van der Waals surface area contributed by atoms with Gasteiger partial charge in [0.15, 0.2) is 6.04 Å². The van der Waals surface area contributed by atoms with E-state index in [1.54, 1.807) is 20.2 Å². The van der Waals surface area contributed by atoms with Crippen molar-refractivity contribution in [1.82, 2.24) is 5.32 Å². The number of quaternary nitrogens is 1. The van der Waals surface area contributed by atoms with Crippen molar-refractivity contribution >= 4 is 29.1 Å². The Bertz CT molecular complexity index is 995. The molecule has 0 aromatic heterocycles. The van der Waals surface area contributed by atoms with Crippen LogP contribution in [-0.2, 0) is 15.1 Å².